The summed E-state index contributed by atoms with van der Waals surface area (Å²) in [6.45, 7) is 3.78. The van der Waals surface area contributed by atoms with E-state index in [0.717, 1.165) is 9.75 Å². The van der Waals surface area contributed by atoms with Crippen molar-refractivity contribution in [1.29, 1.82) is 0 Å². The molecule has 1 rings (SSSR count). The van der Waals surface area contributed by atoms with Crippen LogP contribution in [0.2, 0.25) is 0 Å². The molecule has 0 saturated heterocycles. The van der Waals surface area contributed by atoms with Crippen molar-refractivity contribution in [3.05, 3.63) is 21.9 Å². The Balaban J connectivity index is 2.73. The molecule has 0 bridgehead atoms. The largest absolute Gasteiger partial charge is 0.226 e. The van der Waals surface area contributed by atoms with Crippen LogP contribution in [0.5, 0.6) is 0 Å². The first-order valence-electron chi connectivity index (χ1n) is 4.07. The average molecular weight is 254 g/mol. The summed E-state index contributed by atoms with van der Waals surface area (Å²) < 4.78 is 24.8. The van der Waals surface area contributed by atoms with Gasteiger partial charge >= 0.3 is 0 Å². The zero-order chi connectivity index (χ0) is 10.8. The molecule has 0 aromatic carbocycles. The predicted molar refractivity (Wildman–Crippen MR) is 60.2 cm³/mol. The highest BCUT2D eigenvalue weighted by Gasteiger charge is 2.15. The second-order valence-electron chi connectivity index (χ2n) is 3.01. The Morgan fingerprint density at radius 3 is 2.64 bits per heavy atom. The molecule has 0 fully saturated rings. The molecule has 1 heterocycles. The van der Waals surface area contributed by atoms with Crippen molar-refractivity contribution in [1.82, 2.24) is 4.72 Å². The van der Waals surface area contributed by atoms with Gasteiger partial charge in [0.2, 0.25) is 10.0 Å². The van der Waals surface area contributed by atoms with Gasteiger partial charge in [0.1, 0.15) is 5.21 Å². The minimum atomic E-state index is -3.34. The number of sulfonamides is 1. The Hall–Kier alpha value is -0.100. The third-order valence-corrected chi connectivity index (χ3v) is 4.73. The van der Waals surface area contributed by atoms with Crippen molar-refractivity contribution >= 4 is 33.0 Å². The molecule has 0 spiro atoms. The summed E-state index contributed by atoms with van der Waals surface area (Å²) in [4.78, 5) is 2.16. The molecule has 80 valence electrons. The van der Waals surface area contributed by atoms with Crippen LogP contribution in [0.15, 0.2) is 12.1 Å². The molecule has 1 aromatic heterocycles. The lowest BCUT2D eigenvalue weighted by atomic mass is 10.3. The number of rotatable bonds is 4. The Bertz CT molecular complexity index is 399. The average Bonchev–Trinajstić information content (AvgIpc) is 2.51. The normalized spacial score (nSPS) is 14.2. The standard InChI is InChI=1S/C8H12ClNO2S2/c1-6-3-4-8(13-6)7(2)10-14(11,12)5-9/h3-4,7,10H,5H2,1-2H3. The summed E-state index contributed by atoms with van der Waals surface area (Å²) in [7, 11) is -3.34. The Morgan fingerprint density at radius 2 is 2.21 bits per heavy atom. The summed E-state index contributed by atoms with van der Waals surface area (Å²) in [6.07, 6.45) is 0. The predicted octanol–water partition coefficient (Wildman–Crippen LogP) is 2.23. The molecular formula is C8H12ClNO2S2. The van der Waals surface area contributed by atoms with E-state index in [1.54, 1.807) is 18.3 Å². The fraction of sp³-hybridized carbons (Fsp3) is 0.500. The molecule has 3 nitrogen and oxygen atoms in total. The van der Waals surface area contributed by atoms with Gasteiger partial charge < -0.3 is 0 Å². The molecule has 1 aromatic rings. The van der Waals surface area contributed by atoms with E-state index in [1.165, 1.54) is 0 Å². The lowest BCUT2D eigenvalue weighted by Crippen LogP contribution is -2.26. The van der Waals surface area contributed by atoms with Crippen molar-refractivity contribution in [2.45, 2.75) is 19.9 Å². The van der Waals surface area contributed by atoms with Crippen LogP contribution in [0.3, 0.4) is 0 Å². The molecule has 0 amide bonds. The number of nitrogens with one attached hydrogen (secondary N) is 1. The molecule has 1 atom stereocenters. The number of aryl methyl sites for hydroxylation is 1. The second-order valence-corrected chi connectivity index (χ2v) is 6.67. The van der Waals surface area contributed by atoms with E-state index in [2.05, 4.69) is 4.72 Å². The molecule has 0 aliphatic carbocycles. The van der Waals surface area contributed by atoms with Gasteiger partial charge in [-0.05, 0) is 26.0 Å². The molecule has 0 saturated carbocycles. The molecule has 6 heteroatoms. The molecular weight excluding hydrogens is 242 g/mol. The van der Waals surface area contributed by atoms with Gasteiger partial charge in [0, 0.05) is 9.75 Å². The van der Waals surface area contributed by atoms with Gasteiger partial charge in [0.25, 0.3) is 0 Å². The summed E-state index contributed by atoms with van der Waals surface area (Å²) in [5.41, 5.74) is 0. The van der Waals surface area contributed by atoms with Crippen LogP contribution in [0.4, 0.5) is 0 Å². The van der Waals surface area contributed by atoms with E-state index >= 15 is 0 Å². The maximum Gasteiger partial charge on any atom is 0.226 e. The maximum absolute atomic E-state index is 11.2. The minimum Gasteiger partial charge on any atom is -0.211 e. The lowest BCUT2D eigenvalue weighted by molar-refractivity contribution is 0.573. The Kier molecular flexibility index (Phi) is 3.94. The van der Waals surface area contributed by atoms with E-state index in [-0.39, 0.29) is 6.04 Å². The summed E-state index contributed by atoms with van der Waals surface area (Å²) in [6, 6.07) is 3.67. The van der Waals surface area contributed by atoms with Crippen molar-refractivity contribution in [3.63, 3.8) is 0 Å². The first-order chi connectivity index (χ1) is 6.44. The molecule has 1 N–H and O–H groups in total. The van der Waals surface area contributed by atoms with Crippen molar-refractivity contribution < 1.29 is 8.42 Å². The quantitative estimate of drug-likeness (QED) is 0.837. The zero-order valence-corrected chi connectivity index (χ0v) is 10.3. The maximum atomic E-state index is 11.2. The summed E-state index contributed by atoms with van der Waals surface area (Å²) >= 11 is 6.86. The first-order valence-corrected chi connectivity index (χ1v) is 7.07. The van der Waals surface area contributed by atoms with Crippen LogP contribution >= 0.6 is 22.9 Å². The van der Waals surface area contributed by atoms with E-state index in [4.69, 9.17) is 11.6 Å². The summed E-state index contributed by atoms with van der Waals surface area (Å²) in [5.74, 6) is 0. The number of hydrogen-bond acceptors (Lipinski definition) is 3. The first kappa shape index (κ1) is 12.0. The summed E-state index contributed by atoms with van der Waals surface area (Å²) in [5, 5.41) is -0.401. The van der Waals surface area contributed by atoms with Crippen LogP contribution < -0.4 is 4.72 Å². The van der Waals surface area contributed by atoms with Gasteiger partial charge in [0.15, 0.2) is 0 Å². The van der Waals surface area contributed by atoms with Crippen molar-refractivity contribution in [2.75, 3.05) is 5.21 Å². The van der Waals surface area contributed by atoms with Crippen LogP contribution in [-0.2, 0) is 10.0 Å². The van der Waals surface area contributed by atoms with Crippen molar-refractivity contribution in [2.24, 2.45) is 0 Å². The molecule has 0 radical (unpaired) electrons. The van der Waals surface area contributed by atoms with Gasteiger partial charge in [-0.1, -0.05) is 0 Å². The third kappa shape index (κ3) is 3.24. The lowest BCUT2D eigenvalue weighted by Gasteiger charge is -2.10. The second kappa shape index (κ2) is 4.61. The van der Waals surface area contributed by atoms with Crippen LogP contribution in [0.25, 0.3) is 0 Å². The Morgan fingerprint density at radius 1 is 1.57 bits per heavy atom. The van der Waals surface area contributed by atoms with E-state index < -0.39 is 15.2 Å². The van der Waals surface area contributed by atoms with Crippen LogP contribution in [0.1, 0.15) is 22.7 Å². The van der Waals surface area contributed by atoms with Crippen LogP contribution in [0, 0.1) is 6.92 Å². The smallest absolute Gasteiger partial charge is 0.211 e. The number of alkyl halides is 1. The SMILES string of the molecule is Cc1ccc(C(C)NS(=O)(=O)CCl)s1. The highest BCUT2D eigenvalue weighted by Crippen LogP contribution is 2.22. The Labute approximate surface area is 93.1 Å². The van der Waals surface area contributed by atoms with E-state index in [0.29, 0.717) is 0 Å². The molecule has 0 aliphatic rings. The molecule has 0 aliphatic heterocycles. The van der Waals surface area contributed by atoms with Gasteiger partial charge in [0.05, 0.1) is 6.04 Å². The van der Waals surface area contributed by atoms with Crippen LogP contribution in [-0.4, -0.2) is 13.6 Å². The third-order valence-electron chi connectivity index (χ3n) is 1.69. The monoisotopic (exact) mass is 253 g/mol. The van der Waals surface area contributed by atoms with Gasteiger partial charge in [-0.15, -0.1) is 22.9 Å². The topological polar surface area (TPSA) is 46.2 Å². The minimum absolute atomic E-state index is 0.211. The van der Waals surface area contributed by atoms with E-state index in [1.807, 2.05) is 19.1 Å². The number of thiophene rings is 1. The zero-order valence-electron chi connectivity index (χ0n) is 7.95. The van der Waals surface area contributed by atoms with Crippen molar-refractivity contribution in [3.8, 4) is 0 Å². The highest BCUT2D eigenvalue weighted by atomic mass is 35.5. The molecule has 1 unspecified atom stereocenters. The number of hydrogen-bond donors (Lipinski definition) is 1. The highest BCUT2D eigenvalue weighted by molar-refractivity contribution is 7.90. The number of halogens is 1. The van der Waals surface area contributed by atoms with Gasteiger partial charge in [-0.2, -0.15) is 0 Å². The van der Waals surface area contributed by atoms with Gasteiger partial charge in [-0.3, -0.25) is 0 Å². The fourth-order valence-electron chi connectivity index (χ4n) is 1.05. The fourth-order valence-corrected chi connectivity index (χ4v) is 2.92. The molecule has 14 heavy (non-hydrogen) atoms. The van der Waals surface area contributed by atoms with Gasteiger partial charge in [-0.25, -0.2) is 13.1 Å². The van der Waals surface area contributed by atoms with E-state index in [9.17, 15) is 8.42 Å².